The fraction of sp³-hybridized carbons (Fsp3) is 0.250. The summed E-state index contributed by atoms with van der Waals surface area (Å²) in [4.78, 5) is 24.0. The first-order chi connectivity index (χ1) is 14.1. The molecule has 1 aliphatic carbocycles. The number of nitrogens with one attached hydrogen (secondary N) is 1. The Labute approximate surface area is 169 Å². The summed E-state index contributed by atoms with van der Waals surface area (Å²) in [5.41, 5.74) is 0.634. The van der Waals surface area contributed by atoms with Crippen LogP contribution in [0.1, 0.15) is 25.7 Å². The molecule has 1 fully saturated rings. The molecule has 2 atom stereocenters. The van der Waals surface area contributed by atoms with E-state index in [1.54, 1.807) is 24.3 Å². The number of hydrogen-bond donors (Lipinski definition) is 2. The van der Waals surface area contributed by atoms with Gasteiger partial charge in [-0.05, 0) is 48.6 Å². The van der Waals surface area contributed by atoms with E-state index in [-0.39, 0.29) is 5.91 Å². The molecular weight excluding hydrogens is 366 g/mol. The molecular formula is C24H23NO4. The quantitative estimate of drug-likeness (QED) is 0.607. The van der Waals surface area contributed by atoms with Crippen molar-refractivity contribution in [3.05, 3.63) is 66.7 Å². The van der Waals surface area contributed by atoms with E-state index in [0.717, 1.165) is 29.4 Å². The summed E-state index contributed by atoms with van der Waals surface area (Å²) in [5.74, 6) is -0.749. The Morgan fingerprint density at radius 2 is 1.55 bits per heavy atom. The van der Waals surface area contributed by atoms with E-state index in [2.05, 4.69) is 5.32 Å². The lowest BCUT2D eigenvalue weighted by Crippen LogP contribution is -2.36. The number of carboxylic acids is 1. The van der Waals surface area contributed by atoms with Gasteiger partial charge >= 0.3 is 5.97 Å². The molecule has 3 aromatic rings. The van der Waals surface area contributed by atoms with Crippen LogP contribution in [0.3, 0.4) is 0 Å². The molecule has 0 saturated heterocycles. The standard InChI is InChI=1S/C24H23NO4/c26-23(20-9-3-4-10-21(20)24(27)28)25-17-12-14-18(15-13-17)29-22-11-5-7-16-6-1-2-8-19(16)22/h1-2,5-8,11-15,20-21H,3-4,9-10H2,(H,25,26)(H,27,28)/t20-,21+/m1/s1. The third-order valence-electron chi connectivity index (χ3n) is 5.52. The average molecular weight is 389 g/mol. The molecule has 0 unspecified atom stereocenters. The summed E-state index contributed by atoms with van der Waals surface area (Å²) in [5, 5.41) is 14.4. The number of carbonyl (C=O) groups excluding carboxylic acids is 1. The highest BCUT2D eigenvalue weighted by Crippen LogP contribution is 2.32. The van der Waals surface area contributed by atoms with Gasteiger partial charge in [-0.3, -0.25) is 9.59 Å². The molecule has 1 saturated carbocycles. The fourth-order valence-corrected chi connectivity index (χ4v) is 3.99. The molecule has 5 nitrogen and oxygen atoms in total. The van der Waals surface area contributed by atoms with Crippen molar-refractivity contribution in [1.82, 2.24) is 0 Å². The largest absolute Gasteiger partial charge is 0.481 e. The number of rotatable bonds is 5. The van der Waals surface area contributed by atoms with Gasteiger partial charge in [-0.1, -0.05) is 49.2 Å². The van der Waals surface area contributed by atoms with Gasteiger partial charge in [0.15, 0.2) is 0 Å². The number of carbonyl (C=O) groups is 2. The molecule has 0 aromatic heterocycles. The molecule has 0 heterocycles. The highest BCUT2D eigenvalue weighted by atomic mass is 16.5. The minimum absolute atomic E-state index is 0.222. The fourth-order valence-electron chi connectivity index (χ4n) is 3.99. The lowest BCUT2D eigenvalue weighted by molar-refractivity contribution is -0.147. The molecule has 0 radical (unpaired) electrons. The first-order valence-corrected chi connectivity index (χ1v) is 9.91. The van der Waals surface area contributed by atoms with Gasteiger partial charge in [-0.2, -0.15) is 0 Å². The molecule has 1 aliphatic rings. The molecule has 0 aliphatic heterocycles. The Morgan fingerprint density at radius 3 is 2.31 bits per heavy atom. The van der Waals surface area contributed by atoms with Crippen molar-refractivity contribution in [2.45, 2.75) is 25.7 Å². The number of fused-ring (bicyclic) bond motifs is 1. The molecule has 148 valence electrons. The topological polar surface area (TPSA) is 75.6 Å². The molecule has 0 bridgehead atoms. The first kappa shape index (κ1) is 19.0. The second kappa shape index (κ2) is 8.35. The van der Waals surface area contributed by atoms with Crippen LogP contribution in [-0.4, -0.2) is 17.0 Å². The van der Waals surface area contributed by atoms with Gasteiger partial charge in [0, 0.05) is 11.1 Å². The lowest BCUT2D eigenvalue weighted by Gasteiger charge is -2.27. The third kappa shape index (κ3) is 4.24. The Hall–Kier alpha value is -3.34. The SMILES string of the molecule is O=C(O)[C@H]1CCCC[C@H]1C(=O)Nc1ccc(Oc2cccc3ccccc23)cc1. The van der Waals surface area contributed by atoms with Gasteiger partial charge in [0.25, 0.3) is 0 Å². The van der Waals surface area contributed by atoms with Gasteiger partial charge in [0.2, 0.25) is 5.91 Å². The number of hydrogen-bond acceptors (Lipinski definition) is 3. The maximum atomic E-state index is 12.6. The van der Waals surface area contributed by atoms with Crippen molar-refractivity contribution in [3.8, 4) is 11.5 Å². The Balaban J connectivity index is 1.45. The minimum Gasteiger partial charge on any atom is -0.481 e. The van der Waals surface area contributed by atoms with Crippen LogP contribution in [0.15, 0.2) is 66.7 Å². The Kier molecular flexibility index (Phi) is 5.47. The van der Waals surface area contributed by atoms with Gasteiger partial charge in [0.1, 0.15) is 11.5 Å². The first-order valence-electron chi connectivity index (χ1n) is 9.91. The molecule has 2 N–H and O–H groups in total. The number of ether oxygens (including phenoxy) is 1. The molecule has 3 aromatic carbocycles. The zero-order chi connectivity index (χ0) is 20.2. The molecule has 4 rings (SSSR count). The molecule has 5 heteroatoms. The van der Waals surface area contributed by atoms with Crippen LogP contribution in [0.25, 0.3) is 10.8 Å². The summed E-state index contributed by atoms with van der Waals surface area (Å²) < 4.78 is 6.03. The second-order valence-corrected chi connectivity index (χ2v) is 7.43. The van der Waals surface area contributed by atoms with E-state index in [4.69, 9.17) is 4.74 Å². The number of aliphatic carboxylic acids is 1. The van der Waals surface area contributed by atoms with Crippen LogP contribution in [0.5, 0.6) is 11.5 Å². The van der Waals surface area contributed by atoms with E-state index in [0.29, 0.717) is 24.3 Å². The smallest absolute Gasteiger partial charge is 0.307 e. The zero-order valence-electron chi connectivity index (χ0n) is 16.0. The average Bonchev–Trinajstić information content (AvgIpc) is 2.75. The normalized spacial score (nSPS) is 18.9. The van der Waals surface area contributed by atoms with Crippen molar-refractivity contribution < 1.29 is 19.4 Å². The van der Waals surface area contributed by atoms with E-state index < -0.39 is 17.8 Å². The van der Waals surface area contributed by atoms with E-state index in [1.807, 2.05) is 42.5 Å². The summed E-state index contributed by atoms with van der Waals surface area (Å²) in [6, 6.07) is 21.1. The summed E-state index contributed by atoms with van der Waals surface area (Å²) >= 11 is 0. The Bertz CT molecular complexity index is 1020. The van der Waals surface area contributed by atoms with E-state index in [9.17, 15) is 14.7 Å². The van der Waals surface area contributed by atoms with Crippen molar-refractivity contribution in [1.29, 1.82) is 0 Å². The van der Waals surface area contributed by atoms with Crippen LogP contribution in [0.4, 0.5) is 5.69 Å². The van der Waals surface area contributed by atoms with Gasteiger partial charge in [-0.15, -0.1) is 0 Å². The van der Waals surface area contributed by atoms with Crippen LogP contribution < -0.4 is 10.1 Å². The number of anilines is 1. The third-order valence-corrected chi connectivity index (χ3v) is 5.52. The Morgan fingerprint density at radius 1 is 0.862 bits per heavy atom. The predicted octanol–water partition coefficient (Wildman–Crippen LogP) is 5.46. The summed E-state index contributed by atoms with van der Waals surface area (Å²) in [6.45, 7) is 0. The van der Waals surface area contributed by atoms with Crippen molar-refractivity contribution in [2.75, 3.05) is 5.32 Å². The van der Waals surface area contributed by atoms with Crippen molar-refractivity contribution in [3.63, 3.8) is 0 Å². The van der Waals surface area contributed by atoms with E-state index in [1.165, 1.54) is 0 Å². The predicted molar refractivity (Wildman–Crippen MR) is 112 cm³/mol. The number of carboxylic acid groups (broad SMARTS) is 1. The van der Waals surface area contributed by atoms with Crippen LogP contribution in [-0.2, 0) is 9.59 Å². The highest BCUT2D eigenvalue weighted by Gasteiger charge is 2.35. The molecule has 29 heavy (non-hydrogen) atoms. The molecule has 1 amide bonds. The maximum Gasteiger partial charge on any atom is 0.307 e. The minimum atomic E-state index is -0.885. The zero-order valence-corrected chi connectivity index (χ0v) is 16.0. The van der Waals surface area contributed by atoms with Gasteiger partial charge < -0.3 is 15.2 Å². The molecule has 0 spiro atoms. The summed E-state index contributed by atoms with van der Waals surface area (Å²) in [7, 11) is 0. The van der Waals surface area contributed by atoms with Crippen LogP contribution in [0.2, 0.25) is 0 Å². The maximum absolute atomic E-state index is 12.6. The number of amides is 1. The highest BCUT2D eigenvalue weighted by molar-refractivity contribution is 5.95. The second-order valence-electron chi connectivity index (χ2n) is 7.43. The number of benzene rings is 3. The summed E-state index contributed by atoms with van der Waals surface area (Å²) in [6.07, 6.45) is 2.93. The van der Waals surface area contributed by atoms with Gasteiger partial charge in [-0.25, -0.2) is 0 Å². The van der Waals surface area contributed by atoms with Crippen LogP contribution in [0, 0.1) is 11.8 Å². The van der Waals surface area contributed by atoms with Crippen LogP contribution >= 0.6 is 0 Å². The van der Waals surface area contributed by atoms with E-state index >= 15 is 0 Å². The van der Waals surface area contributed by atoms with Gasteiger partial charge in [0.05, 0.1) is 11.8 Å². The van der Waals surface area contributed by atoms with Crippen molar-refractivity contribution >= 4 is 28.3 Å². The van der Waals surface area contributed by atoms with Crippen molar-refractivity contribution in [2.24, 2.45) is 11.8 Å². The monoisotopic (exact) mass is 389 g/mol. The lowest BCUT2D eigenvalue weighted by atomic mass is 9.78.